The summed E-state index contributed by atoms with van der Waals surface area (Å²) in [7, 11) is 0. The first-order valence-corrected chi connectivity index (χ1v) is 13.5. The van der Waals surface area contributed by atoms with Crippen molar-refractivity contribution in [2.24, 2.45) is 0 Å². The van der Waals surface area contributed by atoms with Gasteiger partial charge in [-0.1, -0.05) is 0 Å². The maximum atomic E-state index is 11.7. The molecule has 0 bridgehead atoms. The van der Waals surface area contributed by atoms with Gasteiger partial charge in [0.2, 0.25) is 0 Å². The van der Waals surface area contributed by atoms with E-state index in [9.17, 15) is 19.2 Å². The van der Waals surface area contributed by atoms with Crippen LogP contribution in [0.5, 0.6) is 0 Å². The monoisotopic (exact) mass is 376 g/mol. The molecule has 0 aliphatic carbocycles. The molecule has 3 aliphatic rings. The molecule has 3 aliphatic heterocycles. The van der Waals surface area contributed by atoms with Gasteiger partial charge in [0.15, 0.2) is 0 Å². The van der Waals surface area contributed by atoms with Gasteiger partial charge in [0.25, 0.3) is 0 Å². The van der Waals surface area contributed by atoms with Gasteiger partial charge in [0, 0.05) is 0 Å². The van der Waals surface area contributed by atoms with E-state index in [1.165, 1.54) is 0 Å². The minimum atomic E-state index is -1.98. The third-order valence-corrected chi connectivity index (χ3v) is 17.6. The molecule has 96 valence electrons. The molecule has 0 spiro atoms. The molecular weight excluding hydrogens is 366 g/mol. The second-order valence-corrected chi connectivity index (χ2v) is 14.8. The number of cyclic esters (lactones) is 4. The van der Waals surface area contributed by atoms with Crippen LogP contribution < -0.4 is 0 Å². The molecule has 4 unspecified atom stereocenters. The van der Waals surface area contributed by atoms with Crippen LogP contribution in [0.1, 0.15) is 0 Å². The first kappa shape index (κ1) is 12.4. The molecular formula is C10H10As2O6. The predicted octanol–water partition coefficient (Wildman–Crippen LogP) is -0.103. The SMILES string of the molecule is C[As]1C2C(=O)OC(=O)C2[As](C)C2C(=O)OC(=O)C21. The van der Waals surface area contributed by atoms with Crippen molar-refractivity contribution in [2.75, 3.05) is 0 Å². The molecule has 0 aromatic heterocycles. The molecule has 3 saturated heterocycles. The molecule has 18 heavy (non-hydrogen) atoms. The Morgan fingerprint density at radius 3 is 1.11 bits per heavy atom. The summed E-state index contributed by atoms with van der Waals surface area (Å²) in [5, 5.41) is 0. The van der Waals surface area contributed by atoms with E-state index in [1.54, 1.807) is 0 Å². The van der Waals surface area contributed by atoms with Crippen molar-refractivity contribution in [3.63, 3.8) is 0 Å². The van der Waals surface area contributed by atoms with Crippen LogP contribution in [0.3, 0.4) is 0 Å². The van der Waals surface area contributed by atoms with Crippen LogP contribution in [0, 0.1) is 0 Å². The van der Waals surface area contributed by atoms with Crippen molar-refractivity contribution in [3.05, 3.63) is 0 Å². The van der Waals surface area contributed by atoms with E-state index in [0.29, 0.717) is 0 Å². The van der Waals surface area contributed by atoms with Gasteiger partial charge >= 0.3 is 112 Å². The van der Waals surface area contributed by atoms with Gasteiger partial charge in [-0.3, -0.25) is 0 Å². The first-order chi connectivity index (χ1) is 8.43. The van der Waals surface area contributed by atoms with Crippen molar-refractivity contribution >= 4 is 53.2 Å². The van der Waals surface area contributed by atoms with Gasteiger partial charge in [-0.15, -0.1) is 0 Å². The first-order valence-electron chi connectivity index (χ1n) is 5.38. The number of fused-ring (bicyclic) bond motifs is 2. The van der Waals surface area contributed by atoms with E-state index in [2.05, 4.69) is 0 Å². The number of esters is 4. The van der Waals surface area contributed by atoms with Crippen LogP contribution in [-0.4, -0.2) is 53.2 Å². The van der Waals surface area contributed by atoms with E-state index in [4.69, 9.17) is 9.47 Å². The summed E-state index contributed by atoms with van der Waals surface area (Å²) in [4.78, 5) is 46.9. The molecule has 3 rings (SSSR count). The number of rotatable bonds is 0. The molecule has 0 aromatic rings. The molecule has 3 heterocycles. The van der Waals surface area contributed by atoms with Crippen LogP contribution in [0.15, 0.2) is 0 Å². The van der Waals surface area contributed by atoms with Gasteiger partial charge in [0.1, 0.15) is 0 Å². The van der Waals surface area contributed by atoms with E-state index < -0.39 is 72.0 Å². The molecule has 4 atom stereocenters. The number of hydrogen-bond donors (Lipinski definition) is 0. The van der Waals surface area contributed by atoms with Crippen molar-refractivity contribution in [2.45, 2.75) is 30.2 Å². The quantitative estimate of drug-likeness (QED) is 0.333. The summed E-state index contributed by atoms with van der Waals surface area (Å²) in [6.45, 7) is 0. The van der Waals surface area contributed by atoms with Gasteiger partial charge < -0.3 is 0 Å². The normalized spacial score (nSPS) is 46.6. The third-order valence-electron chi connectivity index (χ3n) is 3.72. The molecule has 6 nitrogen and oxygen atoms in total. The predicted molar refractivity (Wildman–Crippen MR) is 60.4 cm³/mol. The summed E-state index contributed by atoms with van der Waals surface area (Å²) in [6, 6.07) is 0. The van der Waals surface area contributed by atoms with Crippen LogP contribution in [-0.2, 0) is 28.7 Å². The second kappa shape index (κ2) is 3.94. The molecule has 0 saturated carbocycles. The summed E-state index contributed by atoms with van der Waals surface area (Å²) < 4.78 is 7.75. The minimum absolute atomic E-state index is 0.422. The van der Waals surface area contributed by atoms with E-state index in [1.807, 2.05) is 11.4 Å². The van der Waals surface area contributed by atoms with Crippen LogP contribution in [0.2, 0.25) is 30.2 Å². The topological polar surface area (TPSA) is 86.7 Å². The molecule has 3 fully saturated rings. The van der Waals surface area contributed by atoms with Crippen LogP contribution in [0.25, 0.3) is 0 Å². The van der Waals surface area contributed by atoms with Crippen molar-refractivity contribution in [1.82, 2.24) is 0 Å². The standard InChI is InChI=1S/C10H10As2O6/c1-11-3-5(9(15)17-7(3)13)12(2)6-4(11)8(14)18-10(6)16/h3-6H,1-2H3. The summed E-state index contributed by atoms with van der Waals surface area (Å²) in [5.41, 5.74) is 3.73. The van der Waals surface area contributed by atoms with Gasteiger partial charge in [-0.2, -0.15) is 0 Å². The Morgan fingerprint density at radius 1 is 0.667 bits per heavy atom. The Kier molecular flexibility index (Phi) is 2.72. The molecule has 0 aromatic carbocycles. The Hall–Kier alpha value is -0.603. The molecule has 0 amide bonds. The zero-order valence-electron chi connectivity index (χ0n) is 9.65. The fourth-order valence-corrected chi connectivity index (χ4v) is 21.5. The van der Waals surface area contributed by atoms with Crippen molar-refractivity contribution < 1.29 is 28.7 Å². The number of carbonyl (C=O) groups is 4. The number of ether oxygens (including phenoxy) is 2. The summed E-state index contributed by atoms with van der Waals surface area (Å²) >= 11 is -3.95. The maximum absolute atomic E-state index is 11.7. The van der Waals surface area contributed by atoms with Crippen molar-refractivity contribution in [3.8, 4) is 0 Å². The summed E-state index contributed by atoms with van der Waals surface area (Å²) in [6.07, 6.45) is 0. The molecule has 0 N–H and O–H groups in total. The fourth-order valence-electron chi connectivity index (χ4n) is 2.86. The third kappa shape index (κ3) is 1.42. The van der Waals surface area contributed by atoms with Crippen LogP contribution >= 0.6 is 0 Å². The van der Waals surface area contributed by atoms with Gasteiger partial charge in [-0.05, 0) is 0 Å². The van der Waals surface area contributed by atoms with Gasteiger partial charge in [-0.25, -0.2) is 0 Å². The van der Waals surface area contributed by atoms with Gasteiger partial charge in [0.05, 0.1) is 0 Å². The summed E-state index contributed by atoms with van der Waals surface area (Å²) in [5.74, 6) is -1.95. The fraction of sp³-hybridized carbons (Fsp3) is 0.600. The van der Waals surface area contributed by atoms with E-state index in [0.717, 1.165) is 0 Å². The van der Waals surface area contributed by atoms with E-state index >= 15 is 0 Å². The second-order valence-electron chi connectivity index (χ2n) is 4.59. The van der Waals surface area contributed by atoms with Crippen molar-refractivity contribution in [1.29, 1.82) is 0 Å². The molecule has 8 heteroatoms. The Balaban J connectivity index is 2.07. The Bertz CT molecular complexity index is 405. The molecule has 0 radical (unpaired) electrons. The zero-order valence-corrected chi connectivity index (χ0v) is 13.4. The zero-order chi connectivity index (χ0) is 13.2. The van der Waals surface area contributed by atoms with E-state index in [-0.39, 0.29) is 0 Å². The number of carbonyl (C=O) groups excluding carboxylic acids is 4. The Morgan fingerprint density at radius 2 is 0.889 bits per heavy atom. The van der Waals surface area contributed by atoms with Crippen LogP contribution in [0.4, 0.5) is 0 Å². The average Bonchev–Trinajstić information content (AvgIpc) is 2.73. The Labute approximate surface area is 112 Å². The average molecular weight is 376 g/mol. The number of hydrogen-bond acceptors (Lipinski definition) is 6.